The first-order valence-electron chi connectivity index (χ1n) is 9.80. The lowest BCUT2D eigenvalue weighted by atomic mass is 10.2. The molecule has 0 saturated heterocycles. The molecule has 0 radical (unpaired) electrons. The van der Waals surface area contributed by atoms with E-state index in [-0.39, 0.29) is 30.0 Å². The fourth-order valence-corrected chi connectivity index (χ4v) is 4.42. The summed E-state index contributed by atoms with van der Waals surface area (Å²) in [6.45, 7) is 4.45. The molecule has 4 rings (SSSR count). The first-order chi connectivity index (χ1) is 14.5. The maximum absolute atomic E-state index is 13.2. The molecule has 154 valence electrons. The third-order valence-corrected chi connectivity index (χ3v) is 5.99. The Morgan fingerprint density at radius 2 is 1.87 bits per heavy atom. The van der Waals surface area contributed by atoms with Gasteiger partial charge in [-0.2, -0.15) is 0 Å². The van der Waals surface area contributed by atoms with Gasteiger partial charge in [0.1, 0.15) is 5.82 Å². The maximum atomic E-state index is 13.2. The van der Waals surface area contributed by atoms with Crippen molar-refractivity contribution in [1.29, 1.82) is 0 Å². The zero-order valence-electron chi connectivity index (χ0n) is 16.9. The standard InChI is InChI=1S/C22H23N5O2S/c1-15-12-20(28)23-18-10-6-7-11-19(18)27(15)21(29)14-30-22-25-24-16(2)26(22)13-17-8-4-3-5-9-17/h3-11,15H,12-14H2,1-2H3,(H,23,28)/t15-/m0/s1. The van der Waals surface area contributed by atoms with Crippen molar-refractivity contribution in [2.45, 2.75) is 38.0 Å². The number of rotatable bonds is 5. The van der Waals surface area contributed by atoms with Gasteiger partial charge in [0.25, 0.3) is 0 Å². The molecule has 0 unspecified atom stereocenters. The molecule has 1 aliphatic heterocycles. The molecule has 1 aromatic heterocycles. The van der Waals surface area contributed by atoms with E-state index < -0.39 is 0 Å². The zero-order chi connectivity index (χ0) is 21.1. The number of nitrogens with zero attached hydrogens (tertiary/aromatic N) is 4. The largest absolute Gasteiger partial charge is 0.324 e. The van der Waals surface area contributed by atoms with Crippen molar-refractivity contribution in [3.63, 3.8) is 0 Å². The zero-order valence-corrected chi connectivity index (χ0v) is 17.7. The summed E-state index contributed by atoms with van der Waals surface area (Å²) in [4.78, 5) is 27.1. The summed E-state index contributed by atoms with van der Waals surface area (Å²) in [5.41, 5.74) is 2.53. The van der Waals surface area contributed by atoms with Crippen LogP contribution in [0.3, 0.4) is 0 Å². The fraction of sp³-hybridized carbons (Fsp3) is 0.273. The van der Waals surface area contributed by atoms with Gasteiger partial charge in [-0.25, -0.2) is 0 Å². The number of aromatic nitrogens is 3. The van der Waals surface area contributed by atoms with Gasteiger partial charge < -0.3 is 14.8 Å². The van der Waals surface area contributed by atoms with Crippen molar-refractivity contribution < 1.29 is 9.59 Å². The second-order valence-electron chi connectivity index (χ2n) is 7.27. The Bertz CT molecular complexity index is 1070. The van der Waals surface area contributed by atoms with Gasteiger partial charge >= 0.3 is 0 Å². The second-order valence-corrected chi connectivity index (χ2v) is 8.21. The number of fused-ring (bicyclic) bond motifs is 1. The van der Waals surface area contributed by atoms with Crippen molar-refractivity contribution >= 4 is 35.0 Å². The molecule has 8 heteroatoms. The second kappa shape index (κ2) is 8.71. The Morgan fingerprint density at radius 1 is 1.13 bits per heavy atom. The number of hydrogen-bond donors (Lipinski definition) is 1. The molecule has 2 heterocycles. The van der Waals surface area contributed by atoms with E-state index in [9.17, 15) is 9.59 Å². The van der Waals surface area contributed by atoms with E-state index in [1.165, 1.54) is 11.8 Å². The number of anilines is 2. The molecule has 0 saturated carbocycles. The highest BCUT2D eigenvalue weighted by molar-refractivity contribution is 7.99. The Hall–Kier alpha value is -3.13. The number of carbonyl (C=O) groups is 2. The number of thioether (sulfide) groups is 1. The molecule has 2 amide bonds. The number of para-hydroxylation sites is 2. The van der Waals surface area contributed by atoms with E-state index in [0.29, 0.717) is 17.4 Å². The maximum Gasteiger partial charge on any atom is 0.237 e. The average molecular weight is 422 g/mol. The molecule has 30 heavy (non-hydrogen) atoms. The van der Waals surface area contributed by atoms with Gasteiger partial charge in [-0.1, -0.05) is 54.2 Å². The molecule has 3 aromatic rings. The third kappa shape index (κ3) is 4.23. The van der Waals surface area contributed by atoms with Crippen LogP contribution in [0.15, 0.2) is 59.8 Å². The van der Waals surface area contributed by atoms with Crippen LogP contribution in [0.2, 0.25) is 0 Å². The van der Waals surface area contributed by atoms with Gasteiger partial charge in [-0.3, -0.25) is 9.59 Å². The van der Waals surface area contributed by atoms with Gasteiger partial charge in [0.15, 0.2) is 5.16 Å². The van der Waals surface area contributed by atoms with Crippen molar-refractivity contribution in [3.05, 3.63) is 66.0 Å². The highest BCUT2D eigenvalue weighted by atomic mass is 32.2. The predicted molar refractivity (Wildman–Crippen MR) is 118 cm³/mol. The van der Waals surface area contributed by atoms with Crippen LogP contribution in [0.1, 0.15) is 24.7 Å². The summed E-state index contributed by atoms with van der Waals surface area (Å²) in [5.74, 6) is 0.858. The fourth-order valence-electron chi connectivity index (χ4n) is 3.58. The minimum atomic E-state index is -0.231. The van der Waals surface area contributed by atoms with E-state index in [1.807, 2.05) is 60.9 Å². The lowest BCUT2D eigenvalue weighted by Crippen LogP contribution is -2.40. The molecular formula is C22H23N5O2S. The SMILES string of the molecule is Cc1nnc(SCC(=O)N2c3ccccc3NC(=O)C[C@@H]2C)n1Cc1ccccc1. The van der Waals surface area contributed by atoms with E-state index in [4.69, 9.17) is 0 Å². The minimum Gasteiger partial charge on any atom is -0.324 e. The molecule has 1 N–H and O–H groups in total. The first-order valence-corrected chi connectivity index (χ1v) is 10.8. The predicted octanol–water partition coefficient (Wildman–Crippen LogP) is 3.49. The minimum absolute atomic E-state index is 0.0663. The van der Waals surface area contributed by atoms with Gasteiger partial charge in [-0.15, -0.1) is 10.2 Å². The summed E-state index contributed by atoms with van der Waals surface area (Å²) in [6, 6.07) is 17.3. The smallest absolute Gasteiger partial charge is 0.237 e. The van der Waals surface area contributed by atoms with Crippen LogP contribution in [0, 0.1) is 6.92 Å². The molecule has 0 spiro atoms. The van der Waals surface area contributed by atoms with Crippen molar-refractivity contribution in [2.75, 3.05) is 16.0 Å². The Labute approximate surface area is 179 Å². The number of carbonyl (C=O) groups excluding carboxylic acids is 2. The van der Waals surface area contributed by atoms with Gasteiger partial charge in [0.2, 0.25) is 11.8 Å². The molecule has 7 nitrogen and oxygen atoms in total. The van der Waals surface area contributed by atoms with Crippen LogP contribution in [-0.4, -0.2) is 38.4 Å². The molecule has 1 atom stereocenters. The van der Waals surface area contributed by atoms with Crippen LogP contribution in [-0.2, 0) is 16.1 Å². The lowest BCUT2D eigenvalue weighted by Gasteiger charge is -2.27. The van der Waals surface area contributed by atoms with Gasteiger partial charge in [0.05, 0.1) is 23.7 Å². The molecule has 0 bridgehead atoms. The van der Waals surface area contributed by atoms with Crippen LogP contribution in [0.5, 0.6) is 0 Å². The topological polar surface area (TPSA) is 80.1 Å². The lowest BCUT2D eigenvalue weighted by molar-refractivity contribution is -0.117. The number of nitrogens with one attached hydrogen (secondary N) is 1. The molecule has 1 aliphatic rings. The summed E-state index contributed by atoms with van der Waals surface area (Å²) < 4.78 is 2.01. The number of hydrogen-bond acceptors (Lipinski definition) is 5. The Kier molecular flexibility index (Phi) is 5.85. The molecule has 0 aliphatic carbocycles. The normalized spacial score (nSPS) is 16.0. The third-order valence-electron chi connectivity index (χ3n) is 5.04. The quantitative estimate of drug-likeness (QED) is 0.638. The summed E-state index contributed by atoms with van der Waals surface area (Å²) >= 11 is 1.37. The Morgan fingerprint density at radius 3 is 2.67 bits per heavy atom. The van der Waals surface area contributed by atoms with E-state index in [2.05, 4.69) is 27.6 Å². The van der Waals surface area contributed by atoms with Crippen LogP contribution >= 0.6 is 11.8 Å². The van der Waals surface area contributed by atoms with Crippen molar-refractivity contribution in [1.82, 2.24) is 14.8 Å². The van der Waals surface area contributed by atoms with Crippen molar-refractivity contribution in [2.24, 2.45) is 0 Å². The number of amides is 2. The van der Waals surface area contributed by atoms with Gasteiger partial charge in [-0.05, 0) is 31.5 Å². The van der Waals surface area contributed by atoms with E-state index in [0.717, 1.165) is 17.1 Å². The van der Waals surface area contributed by atoms with Gasteiger partial charge in [0, 0.05) is 12.5 Å². The van der Waals surface area contributed by atoms with Crippen LogP contribution < -0.4 is 10.2 Å². The molecule has 0 fully saturated rings. The number of benzene rings is 2. The van der Waals surface area contributed by atoms with E-state index in [1.54, 1.807) is 4.90 Å². The average Bonchev–Trinajstić information content (AvgIpc) is 3.01. The highest BCUT2D eigenvalue weighted by Gasteiger charge is 2.29. The molecule has 2 aromatic carbocycles. The van der Waals surface area contributed by atoms with Crippen LogP contribution in [0.4, 0.5) is 11.4 Å². The summed E-state index contributed by atoms with van der Waals surface area (Å²) in [5, 5.41) is 12.0. The number of aryl methyl sites for hydroxylation is 1. The van der Waals surface area contributed by atoms with Crippen molar-refractivity contribution in [3.8, 4) is 0 Å². The van der Waals surface area contributed by atoms with E-state index >= 15 is 0 Å². The first kappa shape index (κ1) is 20.2. The Balaban J connectivity index is 1.52. The van der Waals surface area contributed by atoms with Crippen LogP contribution in [0.25, 0.3) is 0 Å². The summed E-state index contributed by atoms with van der Waals surface area (Å²) in [7, 11) is 0. The monoisotopic (exact) mass is 421 g/mol. The summed E-state index contributed by atoms with van der Waals surface area (Å²) in [6.07, 6.45) is 0.258. The highest BCUT2D eigenvalue weighted by Crippen LogP contribution is 2.32. The molecular weight excluding hydrogens is 398 g/mol.